The minimum atomic E-state index is -3.71. The molecule has 0 saturated carbocycles. The van der Waals surface area contributed by atoms with Crippen molar-refractivity contribution in [3.63, 3.8) is 0 Å². The van der Waals surface area contributed by atoms with Crippen LogP contribution in [-0.4, -0.2) is 20.9 Å². The maximum absolute atomic E-state index is 13.3. The molecule has 1 aromatic carbocycles. The third-order valence-electron chi connectivity index (χ3n) is 3.10. The van der Waals surface area contributed by atoms with E-state index in [1.54, 1.807) is 12.1 Å². The van der Waals surface area contributed by atoms with Gasteiger partial charge in [0.05, 0.1) is 15.6 Å². The number of fused-ring (bicyclic) bond motifs is 2. The molecule has 0 saturated heterocycles. The first-order valence-electron chi connectivity index (χ1n) is 6.04. The van der Waals surface area contributed by atoms with Crippen molar-refractivity contribution in [2.45, 2.75) is 6.29 Å². The molecule has 0 unspecified atom stereocenters. The van der Waals surface area contributed by atoms with Gasteiger partial charge in [-0.25, -0.2) is 0 Å². The summed E-state index contributed by atoms with van der Waals surface area (Å²) in [5, 5.41) is 8.57. The molecule has 3 aromatic rings. The summed E-state index contributed by atoms with van der Waals surface area (Å²) in [7, 11) is 0. The van der Waals surface area contributed by atoms with Gasteiger partial charge >= 0.3 is 6.29 Å². The number of halogens is 4. The second-order valence-electron chi connectivity index (χ2n) is 4.52. The number of alkyl halides is 2. The van der Waals surface area contributed by atoms with Crippen LogP contribution in [-0.2, 0) is 0 Å². The Bertz CT molecular complexity index is 914. The number of hydrogen-bond acceptors (Lipinski definition) is 4. The molecule has 1 aliphatic rings. The number of hydrogen-bond donors (Lipinski definition) is 0. The lowest BCUT2D eigenvalue weighted by atomic mass is 10.1. The third-order valence-corrected chi connectivity index (χ3v) is 3.58. The van der Waals surface area contributed by atoms with Gasteiger partial charge in [-0.15, -0.1) is 19.0 Å². The van der Waals surface area contributed by atoms with Crippen molar-refractivity contribution >= 4 is 28.8 Å². The van der Waals surface area contributed by atoms with Gasteiger partial charge in [0.1, 0.15) is 0 Å². The molecule has 0 amide bonds. The van der Waals surface area contributed by atoms with Crippen LogP contribution in [0.1, 0.15) is 0 Å². The van der Waals surface area contributed by atoms with Crippen LogP contribution in [0.15, 0.2) is 30.5 Å². The van der Waals surface area contributed by atoms with E-state index in [0.29, 0.717) is 21.3 Å². The van der Waals surface area contributed by atoms with Crippen LogP contribution in [0.5, 0.6) is 11.5 Å². The third kappa shape index (κ3) is 1.97. The van der Waals surface area contributed by atoms with Crippen LogP contribution in [0.4, 0.5) is 8.78 Å². The van der Waals surface area contributed by atoms with E-state index >= 15 is 0 Å². The minimum absolute atomic E-state index is 0.0765. The highest BCUT2D eigenvalue weighted by atomic mass is 35.5. The summed E-state index contributed by atoms with van der Waals surface area (Å²) in [6.07, 6.45) is -2.18. The van der Waals surface area contributed by atoms with E-state index in [0.717, 1.165) is 0 Å². The predicted molar refractivity (Wildman–Crippen MR) is 74.6 cm³/mol. The first-order valence-corrected chi connectivity index (χ1v) is 6.79. The summed E-state index contributed by atoms with van der Waals surface area (Å²) in [5.74, 6) is 0.0721. The van der Waals surface area contributed by atoms with E-state index in [2.05, 4.69) is 19.7 Å². The van der Waals surface area contributed by atoms with Crippen LogP contribution >= 0.6 is 23.2 Å². The number of ether oxygens (including phenoxy) is 2. The van der Waals surface area contributed by atoms with Gasteiger partial charge in [0.15, 0.2) is 23.0 Å². The second kappa shape index (κ2) is 4.44. The molecule has 0 spiro atoms. The van der Waals surface area contributed by atoms with Crippen molar-refractivity contribution in [2.75, 3.05) is 0 Å². The molecule has 2 aromatic heterocycles. The quantitative estimate of drug-likeness (QED) is 0.669. The van der Waals surface area contributed by atoms with Gasteiger partial charge in [-0.3, -0.25) is 4.40 Å². The predicted octanol–water partition coefficient (Wildman–Crippen LogP) is 4.02. The van der Waals surface area contributed by atoms with Crippen LogP contribution < -0.4 is 9.47 Å². The maximum atomic E-state index is 13.3. The van der Waals surface area contributed by atoms with Gasteiger partial charge in [0, 0.05) is 6.20 Å². The molecule has 0 atom stereocenters. The lowest BCUT2D eigenvalue weighted by molar-refractivity contribution is -0.286. The molecule has 0 fully saturated rings. The average Bonchev–Trinajstić information content (AvgIpc) is 2.97. The molecule has 9 heteroatoms. The summed E-state index contributed by atoms with van der Waals surface area (Å²) < 4.78 is 37.0. The maximum Gasteiger partial charge on any atom is 0.586 e. The highest BCUT2D eigenvalue weighted by Gasteiger charge is 2.45. The molecule has 22 heavy (non-hydrogen) atoms. The lowest BCUT2D eigenvalue weighted by Crippen LogP contribution is -2.26. The topological polar surface area (TPSA) is 48.7 Å². The number of benzene rings is 1. The SMILES string of the molecule is FC1(F)Oc2cccc(-c3nnc4c(Cl)cc(Cl)cn34)c2O1. The summed E-state index contributed by atoms with van der Waals surface area (Å²) in [4.78, 5) is 0. The van der Waals surface area contributed by atoms with E-state index in [-0.39, 0.29) is 17.3 Å². The van der Waals surface area contributed by atoms with E-state index in [1.165, 1.54) is 22.7 Å². The van der Waals surface area contributed by atoms with Gasteiger partial charge < -0.3 is 9.47 Å². The normalized spacial score (nSPS) is 15.5. The Morgan fingerprint density at radius 2 is 1.95 bits per heavy atom. The number of rotatable bonds is 1. The van der Waals surface area contributed by atoms with Crippen molar-refractivity contribution < 1.29 is 18.3 Å². The van der Waals surface area contributed by atoms with Crippen LogP contribution in [0, 0.1) is 0 Å². The first kappa shape index (κ1) is 13.5. The Kier molecular flexibility index (Phi) is 2.73. The molecular weight excluding hydrogens is 339 g/mol. The van der Waals surface area contributed by atoms with Crippen LogP contribution in [0.25, 0.3) is 17.0 Å². The highest BCUT2D eigenvalue weighted by molar-refractivity contribution is 6.36. The molecule has 112 valence electrons. The summed E-state index contributed by atoms with van der Waals surface area (Å²) in [5.41, 5.74) is 0.643. The zero-order valence-corrected chi connectivity index (χ0v) is 12.1. The monoisotopic (exact) mass is 343 g/mol. The minimum Gasteiger partial charge on any atom is -0.395 e. The summed E-state index contributed by atoms with van der Waals surface area (Å²) >= 11 is 12.0. The number of para-hydroxylation sites is 1. The standard InChI is InChI=1S/C13H5Cl2F2N3O2/c14-6-4-8(15)12-19-18-11(20(12)5-6)7-2-1-3-9-10(7)22-13(16,17)21-9/h1-5H. The smallest absolute Gasteiger partial charge is 0.395 e. The first-order chi connectivity index (χ1) is 10.4. The summed E-state index contributed by atoms with van der Waals surface area (Å²) in [6.45, 7) is 0. The fraction of sp³-hybridized carbons (Fsp3) is 0.0769. The zero-order chi connectivity index (χ0) is 15.5. The van der Waals surface area contributed by atoms with Crippen LogP contribution in [0.2, 0.25) is 10.0 Å². The van der Waals surface area contributed by atoms with Gasteiger partial charge in [-0.2, -0.15) is 0 Å². The Morgan fingerprint density at radius 3 is 2.77 bits per heavy atom. The largest absolute Gasteiger partial charge is 0.586 e. The Hall–Kier alpha value is -2.12. The van der Waals surface area contributed by atoms with E-state index in [1.807, 2.05) is 0 Å². The van der Waals surface area contributed by atoms with Gasteiger partial charge in [0.2, 0.25) is 0 Å². The zero-order valence-electron chi connectivity index (χ0n) is 10.6. The van der Waals surface area contributed by atoms with Gasteiger partial charge in [-0.1, -0.05) is 29.3 Å². The molecule has 0 bridgehead atoms. The van der Waals surface area contributed by atoms with Crippen molar-refractivity contribution in [3.8, 4) is 22.9 Å². The number of nitrogens with zero attached hydrogens (tertiary/aromatic N) is 3. The molecule has 0 aliphatic carbocycles. The molecule has 0 radical (unpaired) electrons. The average molecular weight is 344 g/mol. The summed E-state index contributed by atoms with van der Waals surface area (Å²) in [6, 6.07) is 6.00. The van der Waals surface area contributed by atoms with E-state index in [4.69, 9.17) is 23.2 Å². The Labute approximate surface area is 132 Å². The number of aromatic nitrogens is 3. The molecule has 4 rings (SSSR count). The molecule has 3 heterocycles. The number of pyridine rings is 1. The molecular formula is C13H5Cl2F2N3O2. The van der Waals surface area contributed by atoms with Gasteiger partial charge in [0.25, 0.3) is 0 Å². The van der Waals surface area contributed by atoms with E-state index in [9.17, 15) is 8.78 Å². The van der Waals surface area contributed by atoms with Crippen molar-refractivity contribution in [2.24, 2.45) is 0 Å². The Morgan fingerprint density at radius 1 is 1.14 bits per heavy atom. The molecule has 5 nitrogen and oxygen atoms in total. The fourth-order valence-electron chi connectivity index (χ4n) is 2.25. The Balaban J connectivity index is 1.97. The highest BCUT2D eigenvalue weighted by Crippen LogP contribution is 2.46. The van der Waals surface area contributed by atoms with Gasteiger partial charge in [-0.05, 0) is 18.2 Å². The van der Waals surface area contributed by atoms with Crippen LogP contribution in [0.3, 0.4) is 0 Å². The van der Waals surface area contributed by atoms with Crippen molar-refractivity contribution in [1.29, 1.82) is 0 Å². The van der Waals surface area contributed by atoms with Crippen molar-refractivity contribution in [1.82, 2.24) is 14.6 Å². The lowest BCUT2D eigenvalue weighted by Gasteiger charge is -2.06. The molecule has 0 N–H and O–H groups in total. The van der Waals surface area contributed by atoms with Crippen molar-refractivity contribution in [3.05, 3.63) is 40.5 Å². The van der Waals surface area contributed by atoms with E-state index < -0.39 is 6.29 Å². The fourth-order valence-corrected chi connectivity index (χ4v) is 2.76. The second-order valence-corrected chi connectivity index (χ2v) is 5.37. The molecule has 1 aliphatic heterocycles.